The van der Waals surface area contributed by atoms with Crippen LogP contribution in [0.15, 0.2) is 45.3 Å². The van der Waals surface area contributed by atoms with Gasteiger partial charge in [0.05, 0.1) is 22.4 Å². The predicted molar refractivity (Wildman–Crippen MR) is 78.0 cm³/mol. The number of thiazole rings is 1. The molecule has 0 atom stereocenters. The van der Waals surface area contributed by atoms with Crippen LogP contribution in [0.4, 0.5) is 9.52 Å². The second-order valence-corrected chi connectivity index (χ2v) is 6.27. The highest BCUT2D eigenvalue weighted by Gasteiger charge is 2.08. The molecule has 1 aromatic carbocycles. The molecule has 0 saturated heterocycles. The van der Waals surface area contributed by atoms with Gasteiger partial charge in [-0.25, -0.2) is 14.4 Å². The van der Waals surface area contributed by atoms with E-state index < -0.39 is 0 Å². The van der Waals surface area contributed by atoms with E-state index in [1.54, 1.807) is 36.3 Å². The van der Waals surface area contributed by atoms with Gasteiger partial charge in [-0.1, -0.05) is 11.3 Å². The smallest absolute Gasteiger partial charge is 0.205 e. The standard InChI is InChI=1S/C13H10FN3OS2/c14-9-3-1-8(2-4-9)10-5-16-11(18-10)7-19-12-6-17-13(15)20-12/h1-6H,7H2,(H2,15,17). The maximum atomic E-state index is 12.9. The van der Waals surface area contributed by atoms with Crippen molar-refractivity contribution in [2.75, 3.05) is 5.73 Å². The molecule has 0 aliphatic carbocycles. The Morgan fingerprint density at radius 1 is 1.20 bits per heavy atom. The lowest BCUT2D eigenvalue weighted by Crippen LogP contribution is -1.77. The zero-order valence-corrected chi connectivity index (χ0v) is 11.9. The van der Waals surface area contributed by atoms with E-state index in [-0.39, 0.29) is 5.82 Å². The number of hydrogen-bond acceptors (Lipinski definition) is 6. The average molecular weight is 307 g/mol. The molecule has 0 bridgehead atoms. The summed E-state index contributed by atoms with van der Waals surface area (Å²) in [6.45, 7) is 0. The third-order valence-electron chi connectivity index (χ3n) is 2.52. The molecule has 20 heavy (non-hydrogen) atoms. The maximum Gasteiger partial charge on any atom is 0.205 e. The Labute approximate surface area is 122 Å². The lowest BCUT2D eigenvalue weighted by atomic mass is 10.2. The number of aromatic nitrogens is 2. The first-order chi connectivity index (χ1) is 9.70. The van der Waals surface area contributed by atoms with Crippen molar-refractivity contribution in [3.8, 4) is 11.3 Å². The minimum absolute atomic E-state index is 0.271. The summed E-state index contributed by atoms with van der Waals surface area (Å²) in [6.07, 6.45) is 3.37. The minimum Gasteiger partial charge on any atom is -0.440 e. The molecule has 102 valence electrons. The van der Waals surface area contributed by atoms with Crippen molar-refractivity contribution < 1.29 is 8.81 Å². The fourth-order valence-electron chi connectivity index (χ4n) is 1.60. The Morgan fingerprint density at radius 2 is 2.00 bits per heavy atom. The molecule has 3 rings (SSSR count). The van der Waals surface area contributed by atoms with Gasteiger partial charge in [0.25, 0.3) is 0 Å². The Balaban J connectivity index is 1.69. The highest BCUT2D eigenvalue weighted by atomic mass is 32.2. The van der Waals surface area contributed by atoms with Gasteiger partial charge in [0.2, 0.25) is 5.89 Å². The SMILES string of the molecule is Nc1ncc(SCc2ncc(-c3ccc(F)cc3)o2)s1. The second-order valence-electron chi connectivity index (χ2n) is 3.93. The first kappa shape index (κ1) is 13.1. The molecule has 2 N–H and O–H groups in total. The summed E-state index contributed by atoms with van der Waals surface area (Å²) in [5, 5.41) is 0.548. The molecule has 2 aromatic heterocycles. The largest absolute Gasteiger partial charge is 0.440 e. The number of thioether (sulfide) groups is 1. The Bertz CT molecular complexity index is 708. The Morgan fingerprint density at radius 3 is 2.70 bits per heavy atom. The fourth-order valence-corrected chi connectivity index (χ4v) is 3.21. The zero-order chi connectivity index (χ0) is 13.9. The summed E-state index contributed by atoms with van der Waals surface area (Å²) >= 11 is 3.00. The van der Waals surface area contributed by atoms with Crippen molar-refractivity contribution in [3.63, 3.8) is 0 Å². The van der Waals surface area contributed by atoms with Gasteiger partial charge in [-0.3, -0.25) is 0 Å². The van der Waals surface area contributed by atoms with Crippen LogP contribution in [-0.4, -0.2) is 9.97 Å². The van der Waals surface area contributed by atoms with Crippen LogP contribution in [0.25, 0.3) is 11.3 Å². The van der Waals surface area contributed by atoms with Crippen LogP contribution in [0, 0.1) is 5.82 Å². The molecule has 0 radical (unpaired) electrons. The van der Waals surface area contributed by atoms with Crippen LogP contribution in [0.1, 0.15) is 5.89 Å². The van der Waals surface area contributed by atoms with E-state index >= 15 is 0 Å². The third kappa shape index (κ3) is 3.00. The highest BCUT2D eigenvalue weighted by molar-refractivity contribution is 8.00. The summed E-state index contributed by atoms with van der Waals surface area (Å²) in [6, 6.07) is 6.12. The molecule has 2 heterocycles. The fraction of sp³-hybridized carbons (Fsp3) is 0.0769. The normalized spacial score (nSPS) is 10.8. The van der Waals surface area contributed by atoms with Crippen molar-refractivity contribution >= 4 is 28.2 Å². The van der Waals surface area contributed by atoms with Crippen LogP contribution < -0.4 is 5.73 Å². The number of nitrogens with zero attached hydrogens (tertiary/aromatic N) is 2. The molecule has 3 aromatic rings. The molecule has 0 unspecified atom stereocenters. The molecule has 4 nitrogen and oxygen atoms in total. The number of nitrogens with two attached hydrogens (primary N) is 1. The number of benzene rings is 1. The predicted octanol–water partition coefficient (Wildman–Crippen LogP) is 3.81. The number of oxazole rings is 1. The van der Waals surface area contributed by atoms with E-state index in [1.807, 2.05) is 0 Å². The van der Waals surface area contributed by atoms with Gasteiger partial charge in [-0.15, -0.1) is 11.8 Å². The molecule has 0 spiro atoms. The molecular weight excluding hydrogens is 297 g/mol. The first-order valence-corrected chi connectivity index (χ1v) is 7.55. The molecule has 0 amide bonds. The highest BCUT2D eigenvalue weighted by Crippen LogP contribution is 2.30. The number of anilines is 1. The van der Waals surface area contributed by atoms with Gasteiger partial charge >= 0.3 is 0 Å². The third-order valence-corrected chi connectivity index (χ3v) is 4.53. The zero-order valence-electron chi connectivity index (χ0n) is 10.2. The monoisotopic (exact) mass is 307 g/mol. The summed E-state index contributed by atoms with van der Waals surface area (Å²) in [4.78, 5) is 8.19. The van der Waals surface area contributed by atoms with Crippen molar-refractivity contribution in [1.82, 2.24) is 9.97 Å². The summed E-state index contributed by atoms with van der Waals surface area (Å²) < 4.78 is 19.5. The molecule has 0 saturated carbocycles. The molecule has 0 aliphatic heterocycles. The van der Waals surface area contributed by atoms with E-state index in [0.29, 0.717) is 22.5 Å². The number of halogens is 1. The summed E-state index contributed by atoms with van der Waals surface area (Å²) in [7, 11) is 0. The van der Waals surface area contributed by atoms with E-state index in [1.165, 1.54) is 23.5 Å². The number of nitrogen functional groups attached to an aromatic ring is 1. The number of rotatable bonds is 4. The van der Waals surface area contributed by atoms with Crippen LogP contribution in [0.5, 0.6) is 0 Å². The average Bonchev–Trinajstić information content (AvgIpc) is 3.06. The van der Waals surface area contributed by atoms with Crippen LogP contribution in [0.2, 0.25) is 0 Å². The van der Waals surface area contributed by atoms with Crippen molar-refractivity contribution in [3.05, 3.63) is 48.4 Å². The molecule has 0 aliphatic rings. The van der Waals surface area contributed by atoms with Gasteiger partial charge < -0.3 is 10.2 Å². The van der Waals surface area contributed by atoms with E-state index in [0.717, 1.165) is 9.77 Å². The lowest BCUT2D eigenvalue weighted by molar-refractivity contribution is 0.530. The maximum absolute atomic E-state index is 12.9. The summed E-state index contributed by atoms with van der Waals surface area (Å²) in [5.74, 6) is 1.57. The van der Waals surface area contributed by atoms with E-state index in [4.69, 9.17) is 10.2 Å². The second kappa shape index (κ2) is 5.64. The Hall–Kier alpha value is -1.86. The van der Waals surface area contributed by atoms with Gasteiger partial charge in [0, 0.05) is 5.56 Å². The molecule has 0 fully saturated rings. The topological polar surface area (TPSA) is 64.9 Å². The van der Waals surface area contributed by atoms with E-state index in [2.05, 4.69) is 9.97 Å². The summed E-state index contributed by atoms with van der Waals surface area (Å²) in [5.41, 5.74) is 6.37. The van der Waals surface area contributed by atoms with Gasteiger partial charge in [0.15, 0.2) is 10.9 Å². The van der Waals surface area contributed by atoms with Crippen LogP contribution in [0.3, 0.4) is 0 Å². The van der Waals surface area contributed by atoms with Gasteiger partial charge in [0.1, 0.15) is 5.82 Å². The van der Waals surface area contributed by atoms with Crippen LogP contribution in [-0.2, 0) is 5.75 Å². The molecule has 7 heteroatoms. The lowest BCUT2D eigenvalue weighted by Gasteiger charge is -1.96. The first-order valence-electron chi connectivity index (χ1n) is 5.75. The van der Waals surface area contributed by atoms with Crippen LogP contribution >= 0.6 is 23.1 Å². The quantitative estimate of drug-likeness (QED) is 0.742. The number of hydrogen-bond donors (Lipinski definition) is 1. The van der Waals surface area contributed by atoms with Crippen molar-refractivity contribution in [1.29, 1.82) is 0 Å². The van der Waals surface area contributed by atoms with E-state index in [9.17, 15) is 4.39 Å². The van der Waals surface area contributed by atoms with Crippen molar-refractivity contribution in [2.24, 2.45) is 0 Å². The van der Waals surface area contributed by atoms with Gasteiger partial charge in [-0.2, -0.15) is 0 Å². The van der Waals surface area contributed by atoms with Crippen molar-refractivity contribution in [2.45, 2.75) is 9.96 Å². The molecular formula is C13H10FN3OS2. The minimum atomic E-state index is -0.271. The van der Waals surface area contributed by atoms with Gasteiger partial charge in [-0.05, 0) is 24.3 Å². The Kier molecular flexibility index (Phi) is 3.70.